The number of carbonyl (C=O) groups excluding carboxylic acids is 1. The first-order valence-electron chi connectivity index (χ1n) is 5.76. The number of hydrogen-bond acceptors (Lipinski definition) is 2. The number of hydrogen-bond donors (Lipinski definition) is 0. The number of nitrogens with zero attached hydrogens (tertiary/aromatic N) is 1. The molecule has 2 aliphatic rings. The lowest BCUT2D eigenvalue weighted by atomic mass is 9.69. The van der Waals surface area contributed by atoms with E-state index in [0.717, 1.165) is 18.4 Å². The minimum Gasteiger partial charge on any atom is -0.299 e. The van der Waals surface area contributed by atoms with Gasteiger partial charge in [-0.2, -0.15) is 5.26 Å². The Balaban J connectivity index is 2.05. The van der Waals surface area contributed by atoms with Gasteiger partial charge in [0.15, 0.2) is 0 Å². The number of rotatable bonds is 1. The van der Waals surface area contributed by atoms with E-state index in [-0.39, 0.29) is 17.3 Å². The zero-order valence-electron chi connectivity index (χ0n) is 9.02. The van der Waals surface area contributed by atoms with Crippen molar-refractivity contribution < 1.29 is 4.79 Å². The molecule has 1 aromatic carbocycles. The molecule has 80 valence electrons. The van der Waals surface area contributed by atoms with Gasteiger partial charge in [-0.1, -0.05) is 30.3 Å². The van der Waals surface area contributed by atoms with Crippen molar-refractivity contribution in [3.05, 3.63) is 35.9 Å². The summed E-state index contributed by atoms with van der Waals surface area (Å²) in [5.74, 6) is 0.758. The van der Waals surface area contributed by atoms with E-state index in [9.17, 15) is 10.1 Å². The van der Waals surface area contributed by atoms with Gasteiger partial charge in [0.05, 0.1) is 11.5 Å². The fourth-order valence-electron chi connectivity index (χ4n) is 3.39. The molecule has 0 aromatic heterocycles. The second-order valence-corrected chi connectivity index (χ2v) is 4.95. The van der Waals surface area contributed by atoms with E-state index in [4.69, 9.17) is 0 Å². The molecule has 0 spiro atoms. The van der Waals surface area contributed by atoms with Gasteiger partial charge in [0.2, 0.25) is 0 Å². The molecular weight excluding hydrogens is 198 g/mol. The molecule has 2 aliphatic carbocycles. The lowest BCUT2D eigenvalue weighted by molar-refractivity contribution is -0.122. The van der Waals surface area contributed by atoms with Gasteiger partial charge in [0.25, 0.3) is 0 Å². The molecular formula is C14H13NO. The Labute approximate surface area is 94.9 Å². The Morgan fingerprint density at radius 2 is 2.06 bits per heavy atom. The van der Waals surface area contributed by atoms with Crippen molar-refractivity contribution in [1.29, 1.82) is 5.26 Å². The molecule has 16 heavy (non-hydrogen) atoms. The average molecular weight is 211 g/mol. The van der Waals surface area contributed by atoms with Crippen LogP contribution in [0.2, 0.25) is 0 Å². The van der Waals surface area contributed by atoms with Crippen LogP contribution in [0.3, 0.4) is 0 Å². The van der Waals surface area contributed by atoms with Crippen LogP contribution in [0.1, 0.15) is 24.8 Å². The highest BCUT2D eigenvalue weighted by atomic mass is 16.1. The number of ketones is 1. The lowest BCUT2D eigenvalue weighted by Gasteiger charge is -2.30. The molecule has 2 heteroatoms. The van der Waals surface area contributed by atoms with Crippen LogP contribution in [0, 0.1) is 23.2 Å². The number of nitriles is 1. The van der Waals surface area contributed by atoms with E-state index in [1.54, 1.807) is 0 Å². The largest absolute Gasteiger partial charge is 0.299 e. The van der Waals surface area contributed by atoms with E-state index in [1.807, 2.05) is 30.3 Å². The Morgan fingerprint density at radius 1 is 1.31 bits per heavy atom. The van der Waals surface area contributed by atoms with Gasteiger partial charge in [0, 0.05) is 12.3 Å². The standard InChI is InChI=1S/C14H13NO/c15-9-14(11-4-2-1-3-5-11)8-10-6-12(14)7-13(10)16/h1-5,10,12H,6-8H2/t10-,12-,14+/m0/s1. The van der Waals surface area contributed by atoms with Gasteiger partial charge in [0.1, 0.15) is 5.78 Å². The summed E-state index contributed by atoms with van der Waals surface area (Å²) in [6.07, 6.45) is 2.26. The van der Waals surface area contributed by atoms with Crippen LogP contribution in [0.25, 0.3) is 0 Å². The van der Waals surface area contributed by atoms with Crippen LogP contribution >= 0.6 is 0 Å². The van der Waals surface area contributed by atoms with Crippen molar-refractivity contribution >= 4 is 5.78 Å². The summed E-state index contributed by atoms with van der Waals surface area (Å²) >= 11 is 0. The molecule has 2 bridgehead atoms. The van der Waals surface area contributed by atoms with Gasteiger partial charge in [-0.25, -0.2) is 0 Å². The highest BCUT2D eigenvalue weighted by molar-refractivity contribution is 5.85. The second kappa shape index (κ2) is 3.18. The minimum atomic E-state index is -0.389. The zero-order chi connectivity index (χ0) is 11.2. The number of benzene rings is 1. The van der Waals surface area contributed by atoms with Crippen molar-refractivity contribution in [2.45, 2.75) is 24.7 Å². The van der Waals surface area contributed by atoms with Gasteiger partial charge in [-0.05, 0) is 24.3 Å². The summed E-state index contributed by atoms with van der Waals surface area (Å²) in [6.45, 7) is 0. The van der Waals surface area contributed by atoms with Crippen LogP contribution < -0.4 is 0 Å². The van der Waals surface area contributed by atoms with Gasteiger partial charge >= 0.3 is 0 Å². The zero-order valence-corrected chi connectivity index (χ0v) is 9.02. The predicted molar refractivity (Wildman–Crippen MR) is 59.6 cm³/mol. The Morgan fingerprint density at radius 3 is 2.56 bits per heavy atom. The second-order valence-electron chi connectivity index (χ2n) is 4.95. The Bertz CT molecular complexity index is 473. The third-order valence-corrected chi connectivity index (χ3v) is 4.23. The molecule has 0 aliphatic heterocycles. The first-order chi connectivity index (χ1) is 7.76. The van der Waals surface area contributed by atoms with Crippen molar-refractivity contribution in [3.8, 4) is 6.07 Å². The molecule has 3 rings (SSSR count). The molecule has 0 N–H and O–H groups in total. The Kier molecular flexibility index (Phi) is 1.91. The molecule has 1 aromatic rings. The molecule has 0 unspecified atom stereocenters. The molecule has 3 atom stereocenters. The van der Waals surface area contributed by atoms with E-state index >= 15 is 0 Å². The van der Waals surface area contributed by atoms with Crippen molar-refractivity contribution in [3.63, 3.8) is 0 Å². The molecule has 2 nitrogen and oxygen atoms in total. The van der Waals surface area contributed by atoms with Crippen molar-refractivity contribution in [1.82, 2.24) is 0 Å². The highest BCUT2D eigenvalue weighted by Crippen LogP contribution is 2.55. The fraction of sp³-hybridized carbons (Fsp3) is 0.429. The van der Waals surface area contributed by atoms with E-state index in [1.165, 1.54) is 0 Å². The van der Waals surface area contributed by atoms with E-state index in [0.29, 0.717) is 12.2 Å². The van der Waals surface area contributed by atoms with E-state index < -0.39 is 0 Å². The Hall–Kier alpha value is -1.62. The minimum absolute atomic E-state index is 0.143. The third kappa shape index (κ3) is 1.09. The summed E-state index contributed by atoms with van der Waals surface area (Å²) in [6, 6.07) is 12.5. The quantitative estimate of drug-likeness (QED) is 0.715. The normalized spacial score (nSPS) is 36.3. The number of Topliss-reactive ketones (excluding diaryl/α,β-unsaturated/α-hetero) is 1. The summed E-state index contributed by atoms with van der Waals surface area (Å²) in [5, 5.41) is 9.52. The average Bonchev–Trinajstić information content (AvgIpc) is 2.87. The van der Waals surface area contributed by atoms with Crippen LogP contribution in [0.4, 0.5) is 0 Å². The number of fused-ring (bicyclic) bond motifs is 2. The van der Waals surface area contributed by atoms with Crippen LogP contribution in [0.15, 0.2) is 30.3 Å². The van der Waals surface area contributed by atoms with E-state index in [2.05, 4.69) is 6.07 Å². The summed E-state index contributed by atoms with van der Waals surface area (Å²) < 4.78 is 0. The predicted octanol–water partition coefficient (Wildman–Crippen LogP) is 2.45. The lowest BCUT2D eigenvalue weighted by Crippen LogP contribution is -2.33. The first-order valence-corrected chi connectivity index (χ1v) is 5.76. The first kappa shape index (κ1) is 9.59. The molecule has 0 radical (unpaired) electrons. The summed E-state index contributed by atoms with van der Waals surface area (Å²) in [7, 11) is 0. The monoisotopic (exact) mass is 211 g/mol. The van der Waals surface area contributed by atoms with Crippen LogP contribution in [-0.2, 0) is 10.2 Å². The maximum atomic E-state index is 11.6. The fourth-order valence-corrected chi connectivity index (χ4v) is 3.39. The van der Waals surface area contributed by atoms with Gasteiger partial charge < -0.3 is 0 Å². The van der Waals surface area contributed by atoms with Crippen LogP contribution in [0.5, 0.6) is 0 Å². The number of carbonyl (C=O) groups is 1. The highest BCUT2D eigenvalue weighted by Gasteiger charge is 2.56. The van der Waals surface area contributed by atoms with Crippen molar-refractivity contribution in [2.75, 3.05) is 0 Å². The van der Waals surface area contributed by atoms with Crippen LogP contribution in [-0.4, -0.2) is 5.78 Å². The third-order valence-electron chi connectivity index (χ3n) is 4.23. The van der Waals surface area contributed by atoms with Gasteiger partial charge in [-0.3, -0.25) is 4.79 Å². The molecule has 2 fully saturated rings. The van der Waals surface area contributed by atoms with Crippen molar-refractivity contribution in [2.24, 2.45) is 11.8 Å². The molecule has 0 saturated heterocycles. The summed E-state index contributed by atoms with van der Waals surface area (Å²) in [4.78, 5) is 11.6. The molecule has 0 heterocycles. The summed E-state index contributed by atoms with van der Waals surface area (Å²) in [5.41, 5.74) is 0.706. The SMILES string of the molecule is N#C[C@@]1(c2ccccc2)C[C@@H]2C[C@H]1CC2=O. The smallest absolute Gasteiger partial charge is 0.136 e. The maximum Gasteiger partial charge on any atom is 0.136 e. The van der Waals surface area contributed by atoms with Gasteiger partial charge in [-0.15, -0.1) is 0 Å². The maximum absolute atomic E-state index is 11.6. The molecule has 0 amide bonds. The molecule has 2 saturated carbocycles. The topological polar surface area (TPSA) is 40.9 Å².